The Kier molecular flexibility index (Phi) is 5.79. The summed E-state index contributed by atoms with van der Waals surface area (Å²) in [4.78, 5) is 10.0. The molecule has 1 heterocycles. The summed E-state index contributed by atoms with van der Waals surface area (Å²) in [6.45, 7) is 0. The Labute approximate surface area is 163 Å². The number of rotatable bonds is 8. The monoisotopic (exact) mass is 443 g/mol. The molecule has 0 fully saturated rings. The lowest BCUT2D eigenvalue weighted by molar-refractivity contribution is -0.384. The summed E-state index contributed by atoms with van der Waals surface area (Å²) in [5.74, 6) is 5.01. The van der Waals surface area contributed by atoms with E-state index >= 15 is 0 Å². The lowest BCUT2D eigenvalue weighted by Gasteiger charge is -2.16. The van der Waals surface area contributed by atoms with Crippen LogP contribution in [0.5, 0.6) is 5.75 Å². The average Bonchev–Trinajstić information content (AvgIpc) is 3.12. The first kappa shape index (κ1) is 20.4. The molecule has 0 aliphatic rings. The molecule has 3 N–H and O–H groups in total. The molecule has 1 atom stereocenters. The zero-order valence-corrected chi connectivity index (χ0v) is 16.6. The number of nitrogens with one attached hydrogen (secondary N) is 1. The lowest BCUT2D eigenvalue weighted by Crippen LogP contribution is -2.26. The molecule has 3 rings (SSSR count). The van der Waals surface area contributed by atoms with Crippen LogP contribution in [0.25, 0.3) is 10.1 Å². The summed E-state index contributed by atoms with van der Waals surface area (Å²) in [6.07, 6.45) is -0.725. The van der Waals surface area contributed by atoms with Gasteiger partial charge in [0.25, 0.3) is 15.7 Å². The highest BCUT2D eigenvalue weighted by Gasteiger charge is 2.30. The highest BCUT2D eigenvalue weighted by molar-refractivity contribution is 7.92. The maximum atomic E-state index is 12.6. The minimum atomic E-state index is -4.09. The van der Waals surface area contributed by atoms with E-state index in [9.17, 15) is 23.1 Å². The largest absolute Gasteiger partial charge is 0.423 e. The third-order valence-electron chi connectivity index (χ3n) is 3.57. The molecule has 1 aromatic heterocycles. The third-order valence-corrected chi connectivity index (χ3v) is 8.13. The van der Waals surface area contributed by atoms with Gasteiger partial charge in [0.05, 0.1) is 4.92 Å². The van der Waals surface area contributed by atoms with Crippen LogP contribution >= 0.6 is 18.9 Å². The van der Waals surface area contributed by atoms with E-state index in [1.807, 2.05) is 0 Å². The fourth-order valence-corrected chi connectivity index (χ4v) is 6.25. The molecule has 0 aliphatic heterocycles. The third kappa shape index (κ3) is 4.55. The Balaban J connectivity index is 1.74. The molecule has 0 spiro atoms. The summed E-state index contributed by atoms with van der Waals surface area (Å²) in [5.41, 5.74) is -0.193. The predicted molar refractivity (Wildman–Crippen MR) is 104 cm³/mol. The van der Waals surface area contributed by atoms with Crippen molar-refractivity contribution in [3.8, 4) is 5.75 Å². The van der Waals surface area contributed by atoms with Crippen molar-refractivity contribution in [1.29, 1.82) is 0 Å². The number of benzene rings is 2. The van der Waals surface area contributed by atoms with E-state index < -0.39 is 28.8 Å². The normalized spacial score (nSPS) is 13.9. The van der Waals surface area contributed by atoms with Gasteiger partial charge in [0.1, 0.15) is 16.2 Å². The molecule has 0 saturated carbocycles. The van der Waals surface area contributed by atoms with Crippen molar-refractivity contribution in [3.05, 3.63) is 64.7 Å². The summed E-state index contributed by atoms with van der Waals surface area (Å²) in [7, 11) is -8.07. The first-order chi connectivity index (χ1) is 13.2. The number of nitrogens with two attached hydrogens (primary N) is 1. The van der Waals surface area contributed by atoms with E-state index in [0.717, 1.165) is 33.6 Å². The van der Waals surface area contributed by atoms with E-state index in [1.54, 1.807) is 24.3 Å². The molecule has 0 saturated heterocycles. The molecule has 0 aliphatic carbocycles. The van der Waals surface area contributed by atoms with Crippen LogP contribution in [-0.4, -0.2) is 19.6 Å². The number of nitrogens with zero attached hydrogens (tertiary/aromatic N) is 1. The number of hydrogen-bond donors (Lipinski definition) is 2. The molecule has 0 radical (unpaired) electrons. The van der Waals surface area contributed by atoms with E-state index in [-0.39, 0.29) is 15.6 Å². The van der Waals surface area contributed by atoms with Crippen molar-refractivity contribution in [2.24, 2.45) is 5.90 Å². The van der Waals surface area contributed by atoms with Gasteiger partial charge in [-0.1, -0.05) is 18.2 Å². The Morgan fingerprint density at radius 2 is 1.86 bits per heavy atom. The van der Waals surface area contributed by atoms with Gasteiger partial charge in [-0.25, -0.2) is 23.5 Å². The fourth-order valence-electron chi connectivity index (χ4n) is 2.21. The van der Waals surface area contributed by atoms with Gasteiger partial charge in [0.15, 0.2) is 0 Å². The van der Waals surface area contributed by atoms with E-state index in [1.165, 1.54) is 18.2 Å². The SMILES string of the molecule is NOP(=O)(CNS(=O)(=O)c1cc2ccccc2s1)Oc1ccc([N+](=O)[O-])cc1. The zero-order valence-electron chi connectivity index (χ0n) is 14.0. The van der Waals surface area contributed by atoms with E-state index in [2.05, 4.69) is 9.35 Å². The van der Waals surface area contributed by atoms with Crippen molar-refractivity contribution in [3.63, 3.8) is 0 Å². The molecule has 0 amide bonds. The molecule has 13 heteroatoms. The minimum Gasteiger partial charge on any atom is -0.423 e. The van der Waals surface area contributed by atoms with E-state index in [0.29, 0.717) is 0 Å². The Bertz CT molecular complexity index is 1130. The van der Waals surface area contributed by atoms with Gasteiger partial charge >= 0.3 is 7.60 Å². The lowest BCUT2D eigenvalue weighted by atomic mass is 10.3. The quantitative estimate of drug-likeness (QED) is 0.306. The molecule has 1 unspecified atom stereocenters. The Morgan fingerprint density at radius 1 is 1.18 bits per heavy atom. The van der Waals surface area contributed by atoms with Crippen molar-refractivity contribution in [1.82, 2.24) is 4.72 Å². The number of sulfonamides is 1. The van der Waals surface area contributed by atoms with Gasteiger partial charge in [-0.2, -0.15) is 4.72 Å². The fraction of sp³-hybridized carbons (Fsp3) is 0.0667. The summed E-state index contributed by atoms with van der Waals surface area (Å²) >= 11 is 1.05. The van der Waals surface area contributed by atoms with Gasteiger partial charge in [0.2, 0.25) is 0 Å². The second kappa shape index (κ2) is 7.95. The molecule has 0 bridgehead atoms. The maximum absolute atomic E-state index is 12.6. The van der Waals surface area contributed by atoms with Gasteiger partial charge in [-0.05, 0) is 29.7 Å². The Morgan fingerprint density at radius 3 is 2.46 bits per heavy atom. The second-order valence-electron chi connectivity index (χ2n) is 5.47. The van der Waals surface area contributed by atoms with Crippen molar-refractivity contribution >= 4 is 44.7 Å². The number of non-ortho nitro benzene ring substituents is 1. The van der Waals surface area contributed by atoms with Crippen molar-refractivity contribution in [2.45, 2.75) is 4.21 Å². The number of nitro groups is 1. The van der Waals surface area contributed by atoms with Gasteiger partial charge in [-0.3, -0.25) is 10.1 Å². The van der Waals surface area contributed by atoms with Crippen LogP contribution in [0.15, 0.2) is 58.8 Å². The predicted octanol–water partition coefficient (Wildman–Crippen LogP) is 3.21. The molecular formula is C15H14N3O7PS2. The van der Waals surface area contributed by atoms with Crippen LogP contribution in [0.1, 0.15) is 0 Å². The summed E-state index contributed by atoms with van der Waals surface area (Å²) < 4.78 is 50.1. The van der Waals surface area contributed by atoms with Gasteiger partial charge < -0.3 is 4.52 Å². The molecule has 3 aromatic rings. The summed E-state index contributed by atoms with van der Waals surface area (Å²) in [6, 6.07) is 13.3. The molecule has 2 aromatic carbocycles. The number of thiophene rings is 1. The average molecular weight is 443 g/mol. The van der Waals surface area contributed by atoms with Crippen LogP contribution < -0.4 is 15.1 Å². The molecule has 10 nitrogen and oxygen atoms in total. The van der Waals surface area contributed by atoms with Crippen LogP contribution in [0.4, 0.5) is 5.69 Å². The van der Waals surface area contributed by atoms with Gasteiger partial charge in [0, 0.05) is 16.8 Å². The van der Waals surface area contributed by atoms with Crippen molar-refractivity contribution < 1.29 is 27.1 Å². The van der Waals surface area contributed by atoms with Crippen LogP contribution in [0, 0.1) is 10.1 Å². The first-order valence-corrected chi connectivity index (χ1v) is 11.6. The topological polar surface area (TPSA) is 151 Å². The summed E-state index contributed by atoms with van der Waals surface area (Å²) in [5, 5.41) is 11.4. The highest BCUT2D eigenvalue weighted by atomic mass is 32.2. The second-order valence-corrected chi connectivity index (χ2v) is 10.5. The smallest absolute Gasteiger partial charge is 0.410 e. The standard InChI is InChI=1S/C15H14N3O7PS2/c16-25-26(21,24-13-7-5-12(6-8-13)18(19)20)10-17-28(22,23)15-9-11-3-1-2-4-14(11)27-15/h1-9,17H,10,16H2. The van der Waals surface area contributed by atoms with Gasteiger partial charge in [-0.15, -0.1) is 11.3 Å². The number of fused-ring (bicyclic) bond motifs is 1. The Hall–Kier alpha value is -2.34. The molecule has 28 heavy (non-hydrogen) atoms. The number of nitro benzene ring substituents is 1. The maximum Gasteiger partial charge on any atom is 0.410 e. The number of hydrogen-bond acceptors (Lipinski definition) is 9. The molecule has 148 valence electrons. The zero-order chi connectivity index (χ0) is 20.4. The van der Waals surface area contributed by atoms with Crippen LogP contribution in [-0.2, 0) is 19.2 Å². The van der Waals surface area contributed by atoms with Crippen molar-refractivity contribution in [2.75, 3.05) is 6.29 Å². The molecular weight excluding hydrogens is 429 g/mol. The highest BCUT2D eigenvalue weighted by Crippen LogP contribution is 2.46. The van der Waals surface area contributed by atoms with E-state index in [4.69, 9.17) is 10.4 Å². The minimum absolute atomic E-state index is 0.0274. The first-order valence-electron chi connectivity index (χ1n) is 7.62. The van der Waals surface area contributed by atoms with Crippen LogP contribution in [0.2, 0.25) is 0 Å². The van der Waals surface area contributed by atoms with Crippen LogP contribution in [0.3, 0.4) is 0 Å².